The summed E-state index contributed by atoms with van der Waals surface area (Å²) in [6, 6.07) is 14.5. The number of nitrogens with zero attached hydrogens (tertiary/aromatic N) is 3. The Bertz CT molecular complexity index is 1820. The van der Waals surface area contributed by atoms with Crippen LogP contribution in [-0.2, 0) is 21.4 Å². The molecule has 212 valence electrons. The van der Waals surface area contributed by atoms with Crippen molar-refractivity contribution >= 4 is 34.3 Å². The Labute approximate surface area is 238 Å². The molecule has 3 amide bonds. The maximum Gasteiger partial charge on any atom is 0.302 e. The smallest absolute Gasteiger partial charge is 0.302 e. The summed E-state index contributed by atoms with van der Waals surface area (Å²) in [5.41, 5.74) is 0.584. The Morgan fingerprint density at radius 3 is 2.64 bits per heavy atom. The molecule has 3 aromatic carbocycles. The van der Waals surface area contributed by atoms with Gasteiger partial charge in [-0.3, -0.25) is 24.1 Å². The first-order valence-electron chi connectivity index (χ1n) is 13.2. The summed E-state index contributed by atoms with van der Waals surface area (Å²) in [5, 5.41) is 2.85. The monoisotopic (exact) mass is 571 g/mol. The fourth-order valence-electron chi connectivity index (χ4n) is 6.03. The van der Waals surface area contributed by atoms with Gasteiger partial charge in [-0.25, -0.2) is 19.7 Å². The minimum absolute atomic E-state index is 0.00150. The molecule has 2 N–H and O–H groups in total. The van der Waals surface area contributed by atoms with Crippen molar-refractivity contribution in [2.45, 2.75) is 30.5 Å². The van der Waals surface area contributed by atoms with Crippen LogP contribution < -0.4 is 5.32 Å². The molecule has 1 fully saturated rings. The number of carbonyl (C=O) groups is 3. The number of para-hydroxylation sites is 1. The first-order chi connectivity index (χ1) is 20.1. The standard InChI is InChI=1S/C31H24F3N5O3/c1-35-27-15-31(21-8-3-4-9-23(21)37-30(31)42)16-39(27)29(41)26(11-17-6-5-7-18(32)10-17)38(2)28(40)25-14-20-22(34)12-19(33)13-24(20)36-25/h3-10,12-14,26-27,36H,11,15-16H2,2H3,(H,37,42)/t26-,27-,31-/m0/s1. The van der Waals surface area contributed by atoms with Crippen molar-refractivity contribution in [2.24, 2.45) is 0 Å². The summed E-state index contributed by atoms with van der Waals surface area (Å²) in [7, 11) is 1.38. The third-order valence-electron chi connectivity index (χ3n) is 8.16. The number of likely N-dealkylation sites (N-methyl/N-ethyl adjacent to an activating group) is 1. The highest BCUT2D eigenvalue weighted by Crippen LogP contribution is 2.47. The second-order valence-corrected chi connectivity index (χ2v) is 10.7. The highest BCUT2D eigenvalue weighted by Gasteiger charge is 2.59. The number of amides is 3. The van der Waals surface area contributed by atoms with E-state index in [-0.39, 0.29) is 41.9 Å². The minimum Gasteiger partial charge on any atom is -0.350 e. The highest BCUT2D eigenvalue weighted by atomic mass is 19.1. The van der Waals surface area contributed by atoms with Gasteiger partial charge in [0.25, 0.3) is 11.8 Å². The van der Waals surface area contributed by atoms with E-state index >= 15 is 0 Å². The summed E-state index contributed by atoms with van der Waals surface area (Å²) in [5.74, 6) is -3.81. The van der Waals surface area contributed by atoms with Gasteiger partial charge in [0.05, 0.1) is 11.9 Å². The number of halogens is 3. The van der Waals surface area contributed by atoms with Crippen LogP contribution in [0.5, 0.6) is 0 Å². The van der Waals surface area contributed by atoms with Crippen LogP contribution in [0.25, 0.3) is 15.7 Å². The second kappa shape index (κ2) is 10.1. The van der Waals surface area contributed by atoms with Crippen LogP contribution >= 0.6 is 0 Å². The zero-order chi connectivity index (χ0) is 29.8. The van der Waals surface area contributed by atoms with Gasteiger partial charge in [0, 0.05) is 37.2 Å². The first kappa shape index (κ1) is 27.1. The van der Waals surface area contributed by atoms with Crippen molar-refractivity contribution in [3.8, 4) is 0 Å². The molecule has 2 aliphatic heterocycles. The van der Waals surface area contributed by atoms with Gasteiger partial charge in [-0.2, -0.15) is 0 Å². The lowest BCUT2D eigenvalue weighted by molar-refractivity contribution is -0.136. The van der Waals surface area contributed by atoms with Gasteiger partial charge in [-0.15, -0.1) is 0 Å². The molecule has 8 nitrogen and oxygen atoms in total. The molecule has 0 radical (unpaired) electrons. The number of H-pyrrole nitrogens is 1. The van der Waals surface area contributed by atoms with Crippen LogP contribution in [0.1, 0.15) is 28.0 Å². The predicted octanol–water partition coefficient (Wildman–Crippen LogP) is 4.64. The number of aromatic amines is 1. The van der Waals surface area contributed by atoms with Crippen molar-refractivity contribution < 1.29 is 27.6 Å². The number of likely N-dealkylation sites (tertiary alicyclic amines) is 1. The van der Waals surface area contributed by atoms with Crippen molar-refractivity contribution in [3.63, 3.8) is 0 Å². The quantitative estimate of drug-likeness (QED) is 0.342. The highest BCUT2D eigenvalue weighted by molar-refractivity contribution is 6.07. The van der Waals surface area contributed by atoms with E-state index in [4.69, 9.17) is 6.57 Å². The zero-order valence-corrected chi connectivity index (χ0v) is 22.3. The fraction of sp³-hybridized carbons (Fsp3) is 0.226. The molecule has 0 saturated carbocycles. The molecule has 3 atom stereocenters. The van der Waals surface area contributed by atoms with Crippen LogP contribution in [0.3, 0.4) is 0 Å². The maximum atomic E-state index is 14.4. The van der Waals surface area contributed by atoms with Gasteiger partial charge >= 0.3 is 6.17 Å². The van der Waals surface area contributed by atoms with Gasteiger partial charge in [0.1, 0.15) is 34.6 Å². The number of hydrogen-bond donors (Lipinski definition) is 2. The van der Waals surface area contributed by atoms with E-state index in [1.165, 1.54) is 36.2 Å². The van der Waals surface area contributed by atoms with E-state index in [1.54, 1.807) is 30.3 Å². The number of anilines is 1. The Morgan fingerprint density at radius 1 is 1.10 bits per heavy atom. The van der Waals surface area contributed by atoms with E-state index in [2.05, 4.69) is 15.1 Å². The molecule has 11 heteroatoms. The zero-order valence-electron chi connectivity index (χ0n) is 22.3. The summed E-state index contributed by atoms with van der Waals surface area (Å²) in [4.78, 5) is 50.0. The van der Waals surface area contributed by atoms with Gasteiger partial charge in [0.15, 0.2) is 0 Å². The average molecular weight is 572 g/mol. The number of rotatable bonds is 5. The number of benzene rings is 3. The topological polar surface area (TPSA) is 89.9 Å². The van der Waals surface area contributed by atoms with Crippen LogP contribution in [0, 0.1) is 24.0 Å². The van der Waals surface area contributed by atoms with Crippen molar-refractivity contribution in [2.75, 3.05) is 18.9 Å². The Balaban J connectivity index is 1.37. The third-order valence-corrected chi connectivity index (χ3v) is 8.16. The molecule has 0 unspecified atom stereocenters. The van der Waals surface area contributed by atoms with E-state index in [0.717, 1.165) is 11.0 Å². The van der Waals surface area contributed by atoms with E-state index in [9.17, 15) is 27.6 Å². The number of fused-ring (bicyclic) bond motifs is 3. The Kier molecular flexibility index (Phi) is 6.49. The summed E-state index contributed by atoms with van der Waals surface area (Å²) < 4.78 is 42.2. The predicted molar refractivity (Wildman–Crippen MR) is 148 cm³/mol. The van der Waals surface area contributed by atoms with Gasteiger partial charge in [-0.05, 0) is 41.5 Å². The lowest BCUT2D eigenvalue weighted by Gasteiger charge is -2.31. The van der Waals surface area contributed by atoms with Gasteiger partial charge in [0.2, 0.25) is 5.91 Å². The first-order valence-corrected chi connectivity index (χ1v) is 13.2. The van der Waals surface area contributed by atoms with Crippen LogP contribution in [0.4, 0.5) is 18.9 Å². The van der Waals surface area contributed by atoms with Crippen LogP contribution in [0.2, 0.25) is 0 Å². The molecule has 2 aliphatic rings. The molecular formula is C31H24F3N5O3. The lowest BCUT2D eigenvalue weighted by Crippen LogP contribution is -2.52. The third kappa shape index (κ3) is 4.36. The second-order valence-electron chi connectivity index (χ2n) is 10.7. The number of aromatic nitrogens is 1. The number of nitrogens with one attached hydrogen (secondary N) is 2. The summed E-state index contributed by atoms with van der Waals surface area (Å²) >= 11 is 0. The van der Waals surface area contributed by atoms with Crippen molar-refractivity contribution in [1.29, 1.82) is 0 Å². The minimum atomic E-state index is -1.22. The van der Waals surface area contributed by atoms with Gasteiger partial charge in [-0.1, -0.05) is 30.3 Å². The van der Waals surface area contributed by atoms with Crippen LogP contribution in [-0.4, -0.2) is 58.3 Å². The fourth-order valence-corrected chi connectivity index (χ4v) is 6.03. The number of hydrogen-bond acceptors (Lipinski definition) is 3. The molecule has 6 rings (SSSR count). The summed E-state index contributed by atoms with van der Waals surface area (Å²) in [6.07, 6.45) is -1.01. The average Bonchev–Trinajstić information content (AvgIpc) is 3.65. The molecule has 0 aliphatic carbocycles. The SMILES string of the molecule is [C-]#[N+][C@@H]1C[C@@]2(CN1C(=O)[C@H](Cc1cccc(F)c1)N(C)C(=O)c1cc3c(F)cc(F)cc3[nH]1)C(=O)Nc1ccccc12. The molecular weight excluding hydrogens is 547 g/mol. The van der Waals surface area contributed by atoms with E-state index in [0.29, 0.717) is 22.9 Å². The molecule has 1 aromatic heterocycles. The Morgan fingerprint density at radius 2 is 1.88 bits per heavy atom. The summed E-state index contributed by atoms with van der Waals surface area (Å²) in [6.45, 7) is 7.75. The van der Waals surface area contributed by atoms with Gasteiger partial charge < -0.3 is 15.2 Å². The number of carbonyl (C=O) groups excluding carboxylic acids is 3. The molecule has 42 heavy (non-hydrogen) atoms. The normalized spacial score (nSPS) is 19.9. The van der Waals surface area contributed by atoms with Crippen LogP contribution in [0.15, 0.2) is 66.7 Å². The lowest BCUT2D eigenvalue weighted by atomic mass is 9.80. The van der Waals surface area contributed by atoms with Crippen molar-refractivity contribution in [3.05, 3.63) is 112 Å². The molecule has 3 heterocycles. The van der Waals surface area contributed by atoms with Crippen molar-refractivity contribution in [1.82, 2.24) is 14.8 Å². The maximum absolute atomic E-state index is 14.4. The largest absolute Gasteiger partial charge is 0.350 e. The molecule has 1 spiro atoms. The molecule has 1 saturated heterocycles. The molecule has 4 aromatic rings. The Hall–Kier alpha value is -5.11. The van der Waals surface area contributed by atoms with E-state index in [1.807, 2.05) is 0 Å². The molecule has 0 bridgehead atoms. The van der Waals surface area contributed by atoms with E-state index < -0.39 is 46.9 Å².